The quantitative estimate of drug-likeness (QED) is 0.598. The number of pyridine rings is 1. The molecule has 4 atom stereocenters. The van der Waals surface area contributed by atoms with Gasteiger partial charge in [0.2, 0.25) is 5.91 Å². The van der Waals surface area contributed by atoms with Crippen LogP contribution in [0.25, 0.3) is 21.7 Å². The molecule has 1 saturated carbocycles. The smallest absolute Gasteiger partial charge is 0.256 e. The van der Waals surface area contributed by atoms with Gasteiger partial charge in [0.05, 0.1) is 18.0 Å². The topological polar surface area (TPSA) is 112 Å². The summed E-state index contributed by atoms with van der Waals surface area (Å²) in [5.41, 5.74) is 6.86. The molecule has 0 radical (unpaired) electrons. The number of carbonyl (C=O) groups excluding carboxylic acids is 1. The van der Waals surface area contributed by atoms with Crippen molar-refractivity contribution in [2.45, 2.75) is 37.8 Å². The molecule has 1 aliphatic carbocycles. The average molecular weight is 386 g/mol. The summed E-state index contributed by atoms with van der Waals surface area (Å²) in [6, 6.07) is 15.8. The molecule has 1 saturated heterocycles. The number of nitriles is 1. The lowest BCUT2D eigenvalue weighted by Crippen LogP contribution is -2.53. The Morgan fingerprint density at radius 1 is 1.24 bits per heavy atom. The minimum Gasteiger partial charge on any atom is -0.368 e. The SMILES string of the molecule is N#CC(Cc1ccc2c(c1)[nH]c(=O)c1ccccc12)C12CCC(C1)NC2C(N)=O. The number of fused-ring (bicyclic) bond motifs is 5. The second kappa shape index (κ2) is 6.43. The van der Waals surface area contributed by atoms with E-state index in [-0.39, 0.29) is 23.4 Å². The third kappa shape index (κ3) is 2.65. The Morgan fingerprint density at radius 3 is 2.76 bits per heavy atom. The number of aromatic nitrogens is 1. The van der Waals surface area contributed by atoms with Crippen molar-refractivity contribution in [2.75, 3.05) is 0 Å². The second-order valence-electron chi connectivity index (χ2n) is 8.44. The van der Waals surface area contributed by atoms with Crippen molar-refractivity contribution in [3.63, 3.8) is 0 Å². The number of amides is 1. The first-order chi connectivity index (χ1) is 14.0. The highest BCUT2D eigenvalue weighted by molar-refractivity contribution is 6.05. The number of primary amides is 1. The molecule has 2 heterocycles. The highest BCUT2D eigenvalue weighted by atomic mass is 16.1. The van der Waals surface area contributed by atoms with Crippen molar-refractivity contribution in [1.82, 2.24) is 10.3 Å². The summed E-state index contributed by atoms with van der Waals surface area (Å²) in [6.07, 6.45) is 3.15. The van der Waals surface area contributed by atoms with Gasteiger partial charge in [0.25, 0.3) is 5.56 Å². The Bertz CT molecular complexity index is 1240. The summed E-state index contributed by atoms with van der Waals surface area (Å²) in [4.78, 5) is 27.4. The predicted molar refractivity (Wildman–Crippen MR) is 111 cm³/mol. The van der Waals surface area contributed by atoms with E-state index >= 15 is 0 Å². The minimum atomic E-state index is -0.449. The lowest BCUT2D eigenvalue weighted by Gasteiger charge is -2.37. The number of nitrogens with two attached hydrogens (primary N) is 1. The van der Waals surface area contributed by atoms with Crippen molar-refractivity contribution < 1.29 is 4.79 Å². The van der Waals surface area contributed by atoms with E-state index in [1.807, 2.05) is 42.5 Å². The molecule has 5 rings (SSSR count). The van der Waals surface area contributed by atoms with Crippen LogP contribution in [0.5, 0.6) is 0 Å². The van der Waals surface area contributed by atoms with E-state index in [1.54, 1.807) is 0 Å². The van der Waals surface area contributed by atoms with Crippen LogP contribution < -0.4 is 16.6 Å². The Morgan fingerprint density at radius 2 is 2.03 bits per heavy atom. The van der Waals surface area contributed by atoms with Gasteiger partial charge in [0, 0.05) is 27.7 Å². The predicted octanol–water partition coefficient (Wildman–Crippen LogP) is 2.36. The first kappa shape index (κ1) is 17.9. The molecule has 146 valence electrons. The first-order valence-corrected chi connectivity index (χ1v) is 10.0. The maximum atomic E-state index is 12.4. The highest BCUT2D eigenvalue weighted by Gasteiger charge is 2.58. The van der Waals surface area contributed by atoms with E-state index in [0.717, 1.165) is 41.1 Å². The number of carbonyl (C=O) groups is 1. The van der Waals surface area contributed by atoms with Crippen LogP contribution in [0.4, 0.5) is 0 Å². The van der Waals surface area contributed by atoms with Gasteiger partial charge in [-0.05, 0) is 48.8 Å². The second-order valence-corrected chi connectivity index (χ2v) is 8.44. The maximum Gasteiger partial charge on any atom is 0.256 e. The average Bonchev–Trinajstić information content (AvgIpc) is 3.32. The van der Waals surface area contributed by atoms with Crippen LogP contribution in [0.3, 0.4) is 0 Å². The molecule has 4 unspecified atom stereocenters. The zero-order valence-electron chi connectivity index (χ0n) is 15.9. The molecule has 6 heteroatoms. The van der Waals surface area contributed by atoms with Gasteiger partial charge in [-0.2, -0.15) is 5.26 Å². The Balaban J connectivity index is 1.54. The monoisotopic (exact) mass is 386 g/mol. The van der Waals surface area contributed by atoms with E-state index in [2.05, 4.69) is 16.4 Å². The lowest BCUT2D eigenvalue weighted by molar-refractivity contribution is -0.123. The van der Waals surface area contributed by atoms with Gasteiger partial charge < -0.3 is 16.0 Å². The number of aromatic amines is 1. The molecular weight excluding hydrogens is 364 g/mol. The lowest BCUT2D eigenvalue weighted by atomic mass is 9.68. The normalized spacial score (nSPS) is 26.6. The van der Waals surface area contributed by atoms with Crippen LogP contribution in [-0.2, 0) is 11.2 Å². The third-order valence-electron chi connectivity index (χ3n) is 6.93. The molecular formula is C23H22N4O2. The highest BCUT2D eigenvalue weighted by Crippen LogP contribution is 2.52. The molecule has 2 aliphatic rings. The zero-order chi connectivity index (χ0) is 20.2. The number of nitrogens with zero attached hydrogens (tertiary/aromatic N) is 1. The van der Waals surface area contributed by atoms with Crippen LogP contribution in [0, 0.1) is 22.7 Å². The molecule has 6 nitrogen and oxygen atoms in total. The van der Waals surface area contributed by atoms with Gasteiger partial charge in [-0.15, -0.1) is 0 Å². The van der Waals surface area contributed by atoms with E-state index in [4.69, 9.17) is 5.73 Å². The number of piperidine rings is 1. The fraction of sp³-hybridized carbons (Fsp3) is 0.348. The van der Waals surface area contributed by atoms with E-state index in [9.17, 15) is 14.9 Å². The summed E-state index contributed by atoms with van der Waals surface area (Å²) in [6.45, 7) is 0. The number of benzene rings is 2. The van der Waals surface area contributed by atoms with Crippen molar-refractivity contribution >= 4 is 27.6 Å². The van der Waals surface area contributed by atoms with Gasteiger partial charge in [-0.3, -0.25) is 9.59 Å². The number of hydrogen-bond acceptors (Lipinski definition) is 4. The fourth-order valence-corrected chi connectivity index (χ4v) is 5.57. The van der Waals surface area contributed by atoms with Gasteiger partial charge in [0.1, 0.15) is 0 Å². The minimum absolute atomic E-state index is 0.118. The molecule has 1 amide bonds. The number of H-pyrrole nitrogens is 1. The summed E-state index contributed by atoms with van der Waals surface area (Å²) in [5.74, 6) is -0.689. The van der Waals surface area contributed by atoms with Crippen molar-refractivity contribution in [3.8, 4) is 6.07 Å². The molecule has 2 aromatic carbocycles. The van der Waals surface area contributed by atoms with Gasteiger partial charge >= 0.3 is 0 Å². The summed E-state index contributed by atoms with van der Waals surface area (Å²) in [7, 11) is 0. The van der Waals surface area contributed by atoms with E-state index in [1.165, 1.54) is 0 Å². The number of rotatable bonds is 4. The first-order valence-electron chi connectivity index (χ1n) is 10.0. The standard InChI is InChI=1S/C23H22N4O2/c24-12-14(23-8-7-15(11-23)26-20(23)21(25)28)9-13-5-6-17-16-3-1-2-4-18(16)22(29)27-19(17)10-13/h1-6,10,14-15,20,26H,7-9,11H2,(H2,25,28)(H,27,29). The third-order valence-corrected chi connectivity index (χ3v) is 6.93. The Kier molecular flexibility index (Phi) is 3.97. The maximum absolute atomic E-state index is 12.4. The molecule has 29 heavy (non-hydrogen) atoms. The van der Waals surface area contributed by atoms with Gasteiger partial charge in [-0.1, -0.05) is 30.3 Å². The van der Waals surface area contributed by atoms with Crippen LogP contribution in [-0.4, -0.2) is 23.0 Å². The van der Waals surface area contributed by atoms with Crippen molar-refractivity contribution in [3.05, 3.63) is 58.4 Å². The molecule has 4 N–H and O–H groups in total. The number of nitrogens with one attached hydrogen (secondary N) is 2. The van der Waals surface area contributed by atoms with Crippen LogP contribution in [0.15, 0.2) is 47.3 Å². The molecule has 2 fully saturated rings. The summed E-state index contributed by atoms with van der Waals surface area (Å²) in [5, 5.41) is 15.9. The molecule has 1 aliphatic heterocycles. The van der Waals surface area contributed by atoms with Crippen LogP contribution >= 0.6 is 0 Å². The summed E-state index contributed by atoms with van der Waals surface area (Å²) >= 11 is 0. The molecule has 0 spiro atoms. The van der Waals surface area contributed by atoms with E-state index < -0.39 is 11.5 Å². The fourth-order valence-electron chi connectivity index (χ4n) is 5.57. The Hall–Kier alpha value is -3.17. The summed E-state index contributed by atoms with van der Waals surface area (Å²) < 4.78 is 0. The number of hydrogen-bond donors (Lipinski definition) is 3. The van der Waals surface area contributed by atoms with Crippen LogP contribution in [0.2, 0.25) is 0 Å². The largest absolute Gasteiger partial charge is 0.368 e. The van der Waals surface area contributed by atoms with E-state index in [0.29, 0.717) is 11.8 Å². The zero-order valence-corrected chi connectivity index (χ0v) is 15.9. The van der Waals surface area contributed by atoms with Crippen molar-refractivity contribution in [2.24, 2.45) is 17.1 Å². The molecule has 3 aromatic rings. The van der Waals surface area contributed by atoms with Gasteiger partial charge in [0.15, 0.2) is 0 Å². The van der Waals surface area contributed by atoms with Crippen LogP contribution in [0.1, 0.15) is 24.8 Å². The molecule has 2 bridgehead atoms. The van der Waals surface area contributed by atoms with Gasteiger partial charge in [-0.25, -0.2) is 0 Å². The Labute approximate surface area is 167 Å². The molecule has 1 aromatic heterocycles. The van der Waals surface area contributed by atoms with Crippen molar-refractivity contribution in [1.29, 1.82) is 5.26 Å².